The highest BCUT2D eigenvalue weighted by atomic mass is 32.2. The Hall–Kier alpha value is -2.67. The average Bonchev–Trinajstić information content (AvgIpc) is 2.61. The second-order valence-electron chi connectivity index (χ2n) is 6.71. The van der Waals surface area contributed by atoms with Gasteiger partial charge in [-0.25, -0.2) is 13.2 Å². The lowest BCUT2D eigenvalue weighted by atomic mass is 10.0. The van der Waals surface area contributed by atoms with Crippen molar-refractivity contribution in [1.29, 1.82) is 0 Å². The number of carboxylic acid groups (broad SMARTS) is 1. The molecule has 0 aliphatic carbocycles. The van der Waals surface area contributed by atoms with Gasteiger partial charge in [-0.2, -0.15) is 0 Å². The van der Waals surface area contributed by atoms with E-state index in [1.54, 1.807) is 32.0 Å². The van der Waals surface area contributed by atoms with Crippen molar-refractivity contribution in [3.05, 3.63) is 64.7 Å². The van der Waals surface area contributed by atoms with Crippen LogP contribution in [0.3, 0.4) is 0 Å². The van der Waals surface area contributed by atoms with E-state index in [9.17, 15) is 23.1 Å². The zero-order valence-electron chi connectivity index (χ0n) is 15.7. The molecular weight excluding hydrogens is 366 g/mol. The van der Waals surface area contributed by atoms with E-state index in [0.29, 0.717) is 5.56 Å². The van der Waals surface area contributed by atoms with Crippen LogP contribution in [0.25, 0.3) is 0 Å². The van der Waals surface area contributed by atoms with Crippen LogP contribution in [-0.2, 0) is 14.6 Å². The normalized spacial score (nSPS) is 12.6. The highest BCUT2D eigenvalue weighted by Gasteiger charge is 2.24. The van der Waals surface area contributed by atoms with Gasteiger partial charge in [-0.3, -0.25) is 4.79 Å². The molecule has 0 fully saturated rings. The van der Waals surface area contributed by atoms with Crippen molar-refractivity contribution < 1.29 is 23.1 Å². The number of amides is 1. The third-order valence-electron chi connectivity index (χ3n) is 4.45. The number of aliphatic carboxylic acids is 1. The van der Waals surface area contributed by atoms with Gasteiger partial charge in [0.05, 0.1) is 10.1 Å². The van der Waals surface area contributed by atoms with Crippen molar-refractivity contribution >= 4 is 21.7 Å². The summed E-state index contributed by atoms with van der Waals surface area (Å²) in [5, 5.41) is 11.4. The fraction of sp³-hybridized carbons (Fsp3) is 0.300. The van der Waals surface area contributed by atoms with Gasteiger partial charge in [0.1, 0.15) is 0 Å². The minimum Gasteiger partial charge on any atom is -0.479 e. The molecule has 1 atom stereocenters. The number of sulfone groups is 1. The maximum Gasteiger partial charge on any atom is 0.330 e. The van der Waals surface area contributed by atoms with Crippen molar-refractivity contribution in [2.24, 2.45) is 0 Å². The predicted octanol–water partition coefficient (Wildman–Crippen LogP) is 3.04. The van der Waals surface area contributed by atoms with Crippen LogP contribution in [0.4, 0.5) is 0 Å². The molecule has 27 heavy (non-hydrogen) atoms. The summed E-state index contributed by atoms with van der Waals surface area (Å²) in [6, 6.07) is 9.47. The summed E-state index contributed by atoms with van der Waals surface area (Å²) >= 11 is 0. The lowest BCUT2D eigenvalue weighted by Gasteiger charge is -2.16. The summed E-state index contributed by atoms with van der Waals surface area (Å²) in [6.45, 7) is 6.95. The van der Waals surface area contributed by atoms with Gasteiger partial charge in [-0.15, -0.1) is 0 Å². The van der Waals surface area contributed by atoms with E-state index in [4.69, 9.17) is 0 Å². The lowest BCUT2D eigenvalue weighted by Crippen LogP contribution is -2.33. The monoisotopic (exact) mass is 389 g/mol. The number of benzene rings is 2. The van der Waals surface area contributed by atoms with Crippen LogP contribution in [-0.4, -0.2) is 30.7 Å². The molecule has 144 valence electrons. The number of carboxylic acids is 1. The van der Waals surface area contributed by atoms with E-state index >= 15 is 0 Å². The van der Waals surface area contributed by atoms with Crippen LogP contribution in [0.5, 0.6) is 0 Å². The molecule has 0 saturated carbocycles. The Morgan fingerprint density at radius 3 is 2.04 bits per heavy atom. The van der Waals surface area contributed by atoms with Gasteiger partial charge in [0.15, 0.2) is 15.9 Å². The molecule has 2 aromatic rings. The summed E-state index contributed by atoms with van der Waals surface area (Å²) in [6.07, 6.45) is 0. The van der Waals surface area contributed by atoms with Crippen LogP contribution in [0, 0.1) is 13.8 Å². The quantitative estimate of drug-likeness (QED) is 0.791. The molecule has 2 aromatic carbocycles. The smallest absolute Gasteiger partial charge is 0.330 e. The second-order valence-corrected chi connectivity index (χ2v) is 9.21. The first kappa shape index (κ1) is 20.6. The van der Waals surface area contributed by atoms with Crippen LogP contribution in [0.1, 0.15) is 46.9 Å². The molecule has 1 amide bonds. The maximum atomic E-state index is 12.5. The summed E-state index contributed by atoms with van der Waals surface area (Å²) in [4.78, 5) is 24.2. The van der Waals surface area contributed by atoms with Crippen molar-refractivity contribution in [2.45, 2.75) is 43.9 Å². The van der Waals surface area contributed by atoms with E-state index in [2.05, 4.69) is 5.32 Å². The second kappa shape index (κ2) is 7.92. The number of nitrogens with one attached hydrogen (secondary N) is 1. The molecule has 6 nitrogen and oxygen atoms in total. The summed E-state index contributed by atoms with van der Waals surface area (Å²) in [5.41, 5.74) is 2.61. The van der Waals surface area contributed by atoms with Crippen LogP contribution >= 0.6 is 0 Å². The van der Waals surface area contributed by atoms with Crippen LogP contribution in [0.2, 0.25) is 0 Å². The fourth-order valence-electron chi connectivity index (χ4n) is 2.51. The molecule has 1 unspecified atom stereocenters. The topological polar surface area (TPSA) is 101 Å². The van der Waals surface area contributed by atoms with Crippen LogP contribution in [0.15, 0.2) is 47.4 Å². The molecule has 0 saturated heterocycles. The number of carbonyl (C=O) groups is 2. The van der Waals surface area contributed by atoms with Gasteiger partial charge in [0.25, 0.3) is 5.91 Å². The van der Waals surface area contributed by atoms with Crippen molar-refractivity contribution in [2.75, 3.05) is 0 Å². The Balaban J connectivity index is 2.26. The Morgan fingerprint density at radius 2 is 1.56 bits per heavy atom. The van der Waals surface area contributed by atoms with Gasteiger partial charge < -0.3 is 10.4 Å². The third-order valence-corrected chi connectivity index (χ3v) is 6.62. The Kier molecular flexibility index (Phi) is 6.05. The highest BCUT2D eigenvalue weighted by Crippen LogP contribution is 2.20. The van der Waals surface area contributed by atoms with E-state index in [-0.39, 0.29) is 10.5 Å². The van der Waals surface area contributed by atoms with Crippen LogP contribution < -0.4 is 5.32 Å². The number of rotatable bonds is 6. The minimum atomic E-state index is -3.43. The van der Waals surface area contributed by atoms with Gasteiger partial charge in [0, 0.05) is 5.56 Å². The van der Waals surface area contributed by atoms with Crippen molar-refractivity contribution in [3.8, 4) is 0 Å². The molecule has 0 bridgehead atoms. The zero-order chi connectivity index (χ0) is 20.4. The number of carbonyl (C=O) groups excluding carboxylic acids is 1. The van der Waals surface area contributed by atoms with Gasteiger partial charge in [-0.05, 0) is 68.7 Å². The van der Waals surface area contributed by atoms with E-state index < -0.39 is 33.0 Å². The summed E-state index contributed by atoms with van der Waals surface area (Å²) in [7, 11) is -3.43. The Bertz CT molecular complexity index is 962. The number of hydrogen-bond donors (Lipinski definition) is 2. The van der Waals surface area contributed by atoms with Gasteiger partial charge in [0.2, 0.25) is 0 Å². The molecular formula is C20H23NO5S. The van der Waals surface area contributed by atoms with Gasteiger partial charge >= 0.3 is 5.97 Å². The molecule has 0 aliphatic heterocycles. The van der Waals surface area contributed by atoms with E-state index in [1.807, 2.05) is 13.8 Å². The summed E-state index contributed by atoms with van der Waals surface area (Å²) < 4.78 is 24.3. The Morgan fingerprint density at radius 1 is 0.963 bits per heavy atom. The van der Waals surface area contributed by atoms with Gasteiger partial charge in [-0.1, -0.05) is 18.2 Å². The largest absolute Gasteiger partial charge is 0.479 e. The SMILES string of the molecule is Cc1ccc(C(NC(=O)c2ccc(S(=O)(=O)C(C)C)cc2)C(=O)O)cc1C. The fourth-order valence-corrected chi connectivity index (χ4v) is 3.57. The molecule has 0 radical (unpaired) electrons. The molecule has 2 rings (SSSR count). The number of aryl methyl sites for hydroxylation is 2. The van der Waals surface area contributed by atoms with Crippen molar-refractivity contribution in [1.82, 2.24) is 5.32 Å². The van der Waals surface area contributed by atoms with E-state index in [1.165, 1.54) is 24.3 Å². The standard InChI is InChI=1S/C20H23NO5S/c1-12(2)27(25,26)17-9-7-15(8-10-17)19(22)21-18(20(23)24)16-6-5-13(3)14(4)11-16/h5-12,18H,1-4H3,(H,21,22)(H,23,24). The first-order valence-corrected chi connectivity index (χ1v) is 10.0. The molecule has 7 heteroatoms. The van der Waals surface area contributed by atoms with Crippen molar-refractivity contribution in [3.63, 3.8) is 0 Å². The molecule has 0 heterocycles. The molecule has 2 N–H and O–H groups in total. The third kappa shape index (κ3) is 4.54. The Labute approximate surface area is 159 Å². The predicted molar refractivity (Wildman–Crippen MR) is 103 cm³/mol. The number of hydrogen-bond acceptors (Lipinski definition) is 4. The summed E-state index contributed by atoms with van der Waals surface area (Å²) in [5.74, 6) is -1.76. The van der Waals surface area contributed by atoms with E-state index in [0.717, 1.165) is 11.1 Å². The zero-order valence-corrected chi connectivity index (χ0v) is 16.5. The average molecular weight is 389 g/mol. The maximum absolute atomic E-state index is 12.5. The molecule has 0 aromatic heterocycles. The first-order valence-electron chi connectivity index (χ1n) is 8.49. The molecule has 0 aliphatic rings. The minimum absolute atomic E-state index is 0.123. The highest BCUT2D eigenvalue weighted by molar-refractivity contribution is 7.92. The first-order chi connectivity index (χ1) is 12.5. The lowest BCUT2D eigenvalue weighted by molar-refractivity contribution is -0.139. The molecule has 0 spiro atoms.